The van der Waals surface area contributed by atoms with Crippen molar-refractivity contribution in [3.8, 4) is 5.75 Å². The Hall–Kier alpha value is -3.18. The number of pyridine rings is 1. The molecule has 1 aromatic carbocycles. The molecule has 40 heavy (non-hydrogen) atoms. The minimum Gasteiger partial charge on any atom is -0.480 e. The van der Waals surface area contributed by atoms with Gasteiger partial charge in [0.25, 0.3) is 5.56 Å². The average molecular weight is 572 g/mol. The van der Waals surface area contributed by atoms with E-state index in [4.69, 9.17) is 21.3 Å². The molecule has 12 heteroatoms. The normalized spacial score (nSPS) is 22.8. The summed E-state index contributed by atoms with van der Waals surface area (Å²) in [5, 5.41) is 7.27. The number of ether oxygens (including phenoxy) is 1. The number of fused-ring (bicyclic) bond motifs is 3. The molecule has 0 radical (unpaired) electrons. The fourth-order valence-corrected chi connectivity index (χ4v) is 5.96. The molecule has 1 atom stereocenters. The molecule has 9 nitrogen and oxygen atoms in total. The van der Waals surface area contributed by atoms with Crippen molar-refractivity contribution in [1.82, 2.24) is 19.4 Å². The molecule has 3 fully saturated rings. The molecule has 2 saturated carbocycles. The number of anilines is 4. The fraction of sp³-hybridized carbons (Fsp3) is 0.536. The predicted octanol–water partition coefficient (Wildman–Crippen LogP) is 4.48. The van der Waals surface area contributed by atoms with Gasteiger partial charge in [0.2, 0.25) is 11.7 Å². The lowest BCUT2D eigenvalue weighted by molar-refractivity contribution is -0.0579. The van der Waals surface area contributed by atoms with Crippen molar-refractivity contribution < 1.29 is 13.5 Å². The van der Waals surface area contributed by atoms with Crippen LogP contribution in [0.4, 0.5) is 31.9 Å². The lowest BCUT2D eigenvalue weighted by Crippen LogP contribution is -2.47. The van der Waals surface area contributed by atoms with Crippen LogP contribution in [-0.4, -0.2) is 70.7 Å². The second-order valence-corrected chi connectivity index (χ2v) is 11.9. The zero-order valence-electron chi connectivity index (χ0n) is 22.3. The molecule has 4 aliphatic rings. The highest BCUT2D eigenvalue weighted by Crippen LogP contribution is 2.45. The number of aryl methyl sites for hydroxylation is 1. The molecule has 0 spiro atoms. The van der Waals surface area contributed by atoms with Crippen LogP contribution < -0.4 is 25.8 Å². The number of alkyl halides is 2. The minimum atomic E-state index is -3.10. The van der Waals surface area contributed by atoms with E-state index in [9.17, 15) is 13.6 Å². The summed E-state index contributed by atoms with van der Waals surface area (Å²) in [5.41, 5.74) is 1.09. The van der Waals surface area contributed by atoms with Crippen molar-refractivity contribution in [3.63, 3.8) is 0 Å². The Morgan fingerprint density at radius 1 is 1.18 bits per heavy atom. The van der Waals surface area contributed by atoms with Crippen LogP contribution in [0.1, 0.15) is 25.7 Å². The van der Waals surface area contributed by atoms with E-state index in [-0.39, 0.29) is 11.7 Å². The summed E-state index contributed by atoms with van der Waals surface area (Å²) in [5.74, 6) is -1.40. The molecule has 0 unspecified atom stereocenters. The Bertz CT molecular complexity index is 1520. The molecule has 4 heterocycles. The van der Waals surface area contributed by atoms with Crippen LogP contribution >= 0.6 is 11.6 Å². The van der Waals surface area contributed by atoms with Gasteiger partial charge in [-0.1, -0.05) is 11.6 Å². The summed E-state index contributed by atoms with van der Waals surface area (Å²) in [4.78, 5) is 26.9. The number of nitrogens with one attached hydrogen (secondary N) is 2. The number of hydrogen-bond acceptors (Lipinski definition) is 8. The van der Waals surface area contributed by atoms with Crippen LogP contribution in [0, 0.1) is 11.8 Å². The molecule has 2 aromatic heterocycles. The third-order valence-corrected chi connectivity index (χ3v) is 8.75. The topological polar surface area (TPSA) is 87.6 Å². The average Bonchev–Trinajstić information content (AvgIpc) is 3.86. The minimum absolute atomic E-state index is 0.0850. The van der Waals surface area contributed by atoms with Gasteiger partial charge in [-0.3, -0.25) is 9.69 Å². The van der Waals surface area contributed by atoms with Gasteiger partial charge >= 0.3 is 5.92 Å². The summed E-state index contributed by atoms with van der Waals surface area (Å²) in [7, 11) is 1.61. The van der Waals surface area contributed by atoms with Crippen molar-refractivity contribution in [2.45, 2.75) is 37.6 Å². The third kappa shape index (κ3) is 4.83. The van der Waals surface area contributed by atoms with E-state index in [2.05, 4.69) is 25.4 Å². The number of nitrogens with zero attached hydrogens (tertiary/aromatic N) is 5. The smallest absolute Gasteiger partial charge is 0.301 e. The first-order valence-electron chi connectivity index (χ1n) is 14.0. The fourth-order valence-electron chi connectivity index (χ4n) is 5.82. The van der Waals surface area contributed by atoms with Crippen LogP contribution in [0.2, 0.25) is 5.02 Å². The molecule has 3 aromatic rings. The van der Waals surface area contributed by atoms with Gasteiger partial charge in [0.1, 0.15) is 5.02 Å². The Labute approximate surface area is 235 Å². The van der Waals surface area contributed by atoms with E-state index < -0.39 is 24.1 Å². The SMILES string of the molecule is Cn1c(=O)c2c(c3cc(Nc4nc(N5CCN(CC6CC6)CC5)ncc4Cl)ccc31)N[C@@H](C1CC1)C(F)(F)CO2. The first-order chi connectivity index (χ1) is 19.3. The van der Waals surface area contributed by atoms with E-state index in [1.165, 1.54) is 24.0 Å². The maximum atomic E-state index is 15.0. The highest BCUT2D eigenvalue weighted by atomic mass is 35.5. The van der Waals surface area contributed by atoms with Gasteiger partial charge in [0.05, 0.1) is 23.4 Å². The molecule has 2 N–H and O–H groups in total. The molecular formula is C28H32ClF2N7O2. The van der Waals surface area contributed by atoms with Gasteiger partial charge in [0, 0.05) is 50.8 Å². The van der Waals surface area contributed by atoms with E-state index in [1.807, 2.05) is 12.1 Å². The Balaban J connectivity index is 1.18. The van der Waals surface area contributed by atoms with Gasteiger partial charge in [-0.05, 0) is 55.7 Å². The quantitative estimate of drug-likeness (QED) is 0.448. The van der Waals surface area contributed by atoms with Gasteiger partial charge in [0.15, 0.2) is 12.4 Å². The number of halogens is 3. The number of aromatic nitrogens is 3. The van der Waals surface area contributed by atoms with Gasteiger partial charge in [-0.25, -0.2) is 13.8 Å². The molecular weight excluding hydrogens is 540 g/mol. The van der Waals surface area contributed by atoms with E-state index in [0.717, 1.165) is 44.9 Å². The molecule has 0 amide bonds. The Morgan fingerprint density at radius 2 is 1.95 bits per heavy atom. The maximum absolute atomic E-state index is 15.0. The van der Waals surface area contributed by atoms with Crippen LogP contribution in [0.3, 0.4) is 0 Å². The standard InChI is InChI=1S/C28H32ClF2N7O2/c1-36-21-7-6-18(12-19(21)22-23(26(36)39)40-15-28(30,31)24(34-22)17-4-5-17)33-25-20(29)13-32-27(35-25)38-10-8-37(9-11-38)14-16-2-3-16/h6-7,12-13,16-17,24,34H,2-5,8-11,14-15H2,1H3,(H,32,33,35)/t24-/m0/s1. The van der Waals surface area contributed by atoms with E-state index >= 15 is 0 Å². The summed E-state index contributed by atoms with van der Waals surface area (Å²) in [6, 6.07) is 4.31. The first kappa shape index (κ1) is 25.8. The van der Waals surface area contributed by atoms with Crippen LogP contribution in [-0.2, 0) is 7.05 Å². The van der Waals surface area contributed by atoms with Crippen molar-refractivity contribution in [2.75, 3.05) is 54.9 Å². The molecule has 2 aliphatic heterocycles. The molecule has 2 aliphatic carbocycles. The summed E-state index contributed by atoms with van der Waals surface area (Å²) in [6.07, 6.45) is 5.74. The highest BCUT2D eigenvalue weighted by molar-refractivity contribution is 6.33. The van der Waals surface area contributed by atoms with Crippen molar-refractivity contribution in [1.29, 1.82) is 0 Å². The van der Waals surface area contributed by atoms with Gasteiger partial charge < -0.3 is 24.8 Å². The summed E-state index contributed by atoms with van der Waals surface area (Å²) < 4.78 is 36.8. The maximum Gasteiger partial charge on any atom is 0.301 e. The van der Waals surface area contributed by atoms with Crippen LogP contribution in [0.25, 0.3) is 10.9 Å². The van der Waals surface area contributed by atoms with Gasteiger partial charge in [-0.2, -0.15) is 4.98 Å². The Kier molecular flexibility index (Phi) is 6.27. The van der Waals surface area contributed by atoms with Crippen LogP contribution in [0.15, 0.2) is 29.2 Å². The lowest BCUT2D eigenvalue weighted by atomic mass is 10.0. The molecule has 0 bridgehead atoms. The number of piperazine rings is 1. The second-order valence-electron chi connectivity index (χ2n) is 11.5. The molecule has 212 valence electrons. The van der Waals surface area contributed by atoms with Crippen molar-refractivity contribution >= 4 is 45.6 Å². The van der Waals surface area contributed by atoms with Crippen molar-refractivity contribution in [2.24, 2.45) is 18.9 Å². The monoisotopic (exact) mass is 571 g/mol. The largest absolute Gasteiger partial charge is 0.480 e. The lowest BCUT2D eigenvalue weighted by Gasteiger charge is -2.34. The van der Waals surface area contributed by atoms with E-state index in [1.54, 1.807) is 19.3 Å². The Morgan fingerprint density at radius 3 is 2.67 bits per heavy atom. The molecule has 7 rings (SSSR count). The number of hydrogen-bond donors (Lipinski definition) is 2. The van der Waals surface area contributed by atoms with Crippen LogP contribution in [0.5, 0.6) is 5.75 Å². The summed E-state index contributed by atoms with van der Waals surface area (Å²) >= 11 is 6.49. The third-order valence-electron chi connectivity index (χ3n) is 8.47. The number of rotatable bonds is 6. The highest BCUT2D eigenvalue weighted by Gasteiger charge is 2.51. The molecule has 1 saturated heterocycles. The summed E-state index contributed by atoms with van der Waals surface area (Å²) in [6.45, 7) is 4.01. The van der Waals surface area contributed by atoms with Gasteiger partial charge in [-0.15, -0.1) is 0 Å². The number of benzene rings is 1. The second kappa shape index (κ2) is 9.73. The van der Waals surface area contributed by atoms with Crippen molar-refractivity contribution in [3.05, 3.63) is 39.8 Å². The zero-order valence-corrected chi connectivity index (χ0v) is 23.1. The zero-order chi connectivity index (χ0) is 27.6. The van der Waals surface area contributed by atoms with E-state index in [0.29, 0.717) is 39.1 Å². The predicted molar refractivity (Wildman–Crippen MR) is 151 cm³/mol. The first-order valence-corrected chi connectivity index (χ1v) is 14.4.